The number of carbonyl (C=O) groups is 2. The predicted octanol–water partition coefficient (Wildman–Crippen LogP) is 3.85. The Kier molecular flexibility index (Phi) is 6.12. The van der Waals surface area contributed by atoms with Crippen molar-refractivity contribution in [1.29, 1.82) is 0 Å². The van der Waals surface area contributed by atoms with E-state index in [4.69, 9.17) is 9.73 Å². The summed E-state index contributed by atoms with van der Waals surface area (Å²) in [4.78, 5) is 34.0. The van der Waals surface area contributed by atoms with Gasteiger partial charge in [-0.2, -0.15) is 0 Å². The van der Waals surface area contributed by atoms with Gasteiger partial charge in [0.15, 0.2) is 5.17 Å². The monoisotopic (exact) mass is 476 g/mol. The summed E-state index contributed by atoms with van der Waals surface area (Å²) in [5.74, 6) is -0.295. The van der Waals surface area contributed by atoms with Crippen molar-refractivity contribution < 1.29 is 18.7 Å². The summed E-state index contributed by atoms with van der Waals surface area (Å²) < 4.78 is 18.9. The second-order valence-corrected chi connectivity index (χ2v) is 9.09. The van der Waals surface area contributed by atoms with E-state index in [1.165, 1.54) is 23.9 Å². The van der Waals surface area contributed by atoms with Gasteiger partial charge in [0.1, 0.15) is 17.1 Å². The van der Waals surface area contributed by atoms with Crippen LogP contribution in [0.5, 0.6) is 0 Å². The Balaban J connectivity index is 1.40. The van der Waals surface area contributed by atoms with Crippen LogP contribution in [0.1, 0.15) is 26.4 Å². The first-order valence-electron chi connectivity index (χ1n) is 10.7. The van der Waals surface area contributed by atoms with Gasteiger partial charge in [0.2, 0.25) is 0 Å². The molecule has 3 aromatic rings. The molecule has 3 heterocycles. The number of aliphatic imine (C=N–C) groups is 1. The number of anilines is 1. The van der Waals surface area contributed by atoms with Gasteiger partial charge in [-0.05, 0) is 42.0 Å². The van der Waals surface area contributed by atoms with Gasteiger partial charge in [-0.3, -0.25) is 9.59 Å². The van der Waals surface area contributed by atoms with Crippen LogP contribution in [0, 0.1) is 11.7 Å². The summed E-state index contributed by atoms with van der Waals surface area (Å²) >= 11 is 1.50. The van der Waals surface area contributed by atoms with E-state index in [9.17, 15) is 14.0 Å². The number of fused-ring (bicyclic) bond motifs is 1. The molecule has 7 nitrogen and oxygen atoms in total. The van der Waals surface area contributed by atoms with Crippen LogP contribution < -0.4 is 10.6 Å². The standard InChI is InChI=1S/C25H21FN4O3S/c26-19-9-10-21(27-12-19)23(32)28-20-8-4-7-17(11-20)25-15-33-13-18(25)14-34-24(30-25)29-22(31)16-5-2-1-3-6-16/h1-12,18H,13-15H2,(H,28,32)(H,29,30,31). The fraction of sp³-hybridized carbons (Fsp3) is 0.200. The number of benzene rings is 2. The largest absolute Gasteiger partial charge is 0.378 e. The van der Waals surface area contributed by atoms with E-state index < -0.39 is 17.3 Å². The quantitative estimate of drug-likeness (QED) is 0.597. The van der Waals surface area contributed by atoms with Crippen molar-refractivity contribution >= 4 is 34.4 Å². The van der Waals surface area contributed by atoms with Crippen LogP contribution in [-0.4, -0.2) is 40.9 Å². The Bertz CT molecular complexity index is 1250. The SMILES string of the molecule is O=C(NC1=NC2(c3cccc(NC(=O)c4ccc(F)cn4)c3)COCC2CS1)c1ccccc1. The van der Waals surface area contributed by atoms with Gasteiger partial charge < -0.3 is 15.4 Å². The molecular formula is C25H21FN4O3S. The lowest BCUT2D eigenvalue weighted by atomic mass is 9.81. The Hall–Kier alpha value is -3.56. The van der Waals surface area contributed by atoms with E-state index >= 15 is 0 Å². The molecule has 2 aromatic carbocycles. The molecule has 1 aromatic heterocycles. The molecule has 172 valence electrons. The molecule has 1 fully saturated rings. The summed E-state index contributed by atoms with van der Waals surface area (Å²) in [7, 11) is 0. The second kappa shape index (κ2) is 9.36. The van der Waals surface area contributed by atoms with Gasteiger partial charge in [0, 0.05) is 22.9 Å². The van der Waals surface area contributed by atoms with Crippen LogP contribution in [0.3, 0.4) is 0 Å². The van der Waals surface area contributed by atoms with Crippen molar-refractivity contribution in [2.75, 3.05) is 24.3 Å². The lowest BCUT2D eigenvalue weighted by Crippen LogP contribution is -2.42. The number of halogens is 1. The zero-order valence-corrected chi connectivity index (χ0v) is 18.8. The number of rotatable bonds is 4. The number of nitrogens with one attached hydrogen (secondary N) is 2. The molecule has 0 bridgehead atoms. The first-order valence-corrected chi connectivity index (χ1v) is 11.7. The van der Waals surface area contributed by atoms with E-state index in [0.29, 0.717) is 29.6 Å². The van der Waals surface area contributed by atoms with Crippen LogP contribution in [0.15, 0.2) is 77.9 Å². The lowest BCUT2D eigenvalue weighted by molar-refractivity contribution is 0.0975. The number of nitrogens with zero attached hydrogens (tertiary/aromatic N) is 2. The number of thioether (sulfide) groups is 1. The maximum absolute atomic E-state index is 13.1. The minimum atomic E-state index is -0.667. The van der Waals surface area contributed by atoms with Gasteiger partial charge in [-0.25, -0.2) is 14.4 Å². The molecule has 0 aliphatic carbocycles. The summed E-state index contributed by atoms with van der Waals surface area (Å²) in [6.07, 6.45) is 1.00. The van der Waals surface area contributed by atoms with Crippen molar-refractivity contribution in [2.24, 2.45) is 10.9 Å². The van der Waals surface area contributed by atoms with Gasteiger partial charge in [-0.1, -0.05) is 42.1 Å². The first-order chi connectivity index (χ1) is 16.5. The minimum Gasteiger partial charge on any atom is -0.378 e. The highest BCUT2D eigenvalue weighted by atomic mass is 32.2. The van der Waals surface area contributed by atoms with Gasteiger partial charge in [-0.15, -0.1) is 0 Å². The second-order valence-electron chi connectivity index (χ2n) is 8.08. The number of hydrogen-bond donors (Lipinski definition) is 2. The zero-order chi connectivity index (χ0) is 23.5. The lowest BCUT2D eigenvalue weighted by Gasteiger charge is -2.35. The highest BCUT2D eigenvalue weighted by Gasteiger charge is 2.48. The third kappa shape index (κ3) is 4.44. The van der Waals surface area contributed by atoms with Crippen LogP contribution >= 0.6 is 11.8 Å². The minimum absolute atomic E-state index is 0.116. The van der Waals surface area contributed by atoms with Crippen LogP contribution in [-0.2, 0) is 10.3 Å². The fourth-order valence-corrected chi connectivity index (χ4v) is 5.22. The van der Waals surface area contributed by atoms with E-state index in [2.05, 4.69) is 15.6 Å². The molecule has 2 unspecified atom stereocenters. The molecule has 5 rings (SSSR count). The van der Waals surface area contributed by atoms with Crippen LogP contribution in [0.2, 0.25) is 0 Å². The summed E-state index contributed by atoms with van der Waals surface area (Å²) in [6, 6.07) is 18.9. The van der Waals surface area contributed by atoms with Crippen molar-refractivity contribution in [3.05, 3.63) is 95.6 Å². The predicted molar refractivity (Wildman–Crippen MR) is 128 cm³/mol. The van der Waals surface area contributed by atoms with E-state index in [1.807, 2.05) is 36.4 Å². The molecule has 1 saturated heterocycles. The number of aromatic nitrogens is 1. The average molecular weight is 477 g/mol. The molecule has 2 aliphatic heterocycles. The van der Waals surface area contributed by atoms with Gasteiger partial charge >= 0.3 is 0 Å². The summed E-state index contributed by atoms with van der Waals surface area (Å²) in [5.41, 5.74) is 1.46. The molecule has 2 atom stereocenters. The number of ether oxygens (including phenoxy) is 1. The number of amides is 2. The third-order valence-corrected chi connectivity index (χ3v) is 6.91. The van der Waals surface area contributed by atoms with E-state index in [-0.39, 0.29) is 17.5 Å². The van der Waals surface area contributed by atoms with E-state index in [1.54, 1.807) is 18.2 Å². The molecule has 9 heteroatoms. The first kappa shape index (κ1) is 22.2. The Morgan fingerprint density at radius 2 is 1.88 bits per heavy atom. The number of hydrogen-bond acceptors (Lipinski definition) is 6. The summed E-state index contributed by atoms with van der Waals surface area (Å²) in [6.45, 7) is 0.937. The normalized spacial score (nSPS) is 21.3. The maximum Gasteiger partial charge on any atom is 0.274 e. The van der Waals surface area contributed by atoms with Crippen molar-refractivity contribution in [3.63, 3.8) is 0 Å². The van der Waals surface area contributed by atoms with Crippen LogP contribution in [0.25, 0.3) is 0 Å². The fourth-order valence-electron chi connectivity index (χ4n) is 4.09. The van der Waals surface area contributed by atoms with E-state index in [0.717, 1.165) is 17.5 Å². The van der Waals surface area contributed by atoms with Gasteiger partial charge in [0.25, 0.3) is 11.8 Å². The molecule has 2 aliphatic rings. The molecular weight excluding hydrogens is 455 g/mol. The van der Waals surface area contributed by atoms with Gasteiger partial charge in [0.05, 0.1) is 19.4 Å². The number of carbonyl (C=O) groups excluding carboxylic acids is 2. The molecule has 0 spiro atoms. The van der Waals surface area contributed by atoms with Crippen molar-refractivity contribution in [2.45, 2.75) is 5.54 Å². The third-order valence-electron chi connectivity index (χ3n) is 5.88. The molecule has 2 N–H and O–H groups in total. The smallest absolute Gasteiger partial charge is 0.274 e. The summed E-state index contributed by atoms with van der Waals surface area (Å²) in [5, 5.41) is 6.28. The molecule has 34 heavy (non-hydrogen) atoms. The Morgan fingerprint density at radius 1 is 1.03 bits per heavy atom. The highest BCUT2D eigenvalue weighted by Crippen LogP contribution is 2.45. The Labute approximate surface area is 199 Å². The van der Waals surface area contributed by atoms with Crippen LogP contribution in [0.4, 0.5) is 10.1 Å². The zero-order valence-electron chi connectivity index (χ0n) is 18.0. The molecule has 2 amide bonds. The number of amidine groups is 1. The molecule has 0 saturated carbocycles. The maximum atomic E-state index is 13.1. The van der Waals surface area contributed by atoms with Crippen molar-refractivity contribution in [3.8, 4) is 0 Å². The highest BCUT2D eigenvalue weighted by molar-refractivity contribution is 8.13. The van der Waals surface area contributed by atoms with Crippen molar-refractivity contribution in [1.82, 2.24) is 10.3 Å². The topological polar surface area (TPSA) is 92.7 Å². The average Bonchev–Trinajstić information content (AvgIpc) is 3.30. The number of pyridine rings is 1. The molecule has 0 radical (unpaired) electrons. The Morgan fingerprint density at radius 3 is 2.68 bits per heavy atom.